The van der Waals surface area contributed by atoms with E-state index < -0.39 is 18.2 Å². The van der Waals surface area contributed by atoms with E-state index in [2.05, 4.69) is 20.9 Å². The number of H-pyrrole nitrogens is 1. The topological polar surface area (TPSA) is 133 Å². The van der Waals surface area contributed by atoms with Gasteiger partial charge in [-0.25, -0.2) is 4.79 Å². The molecule has 0 aliphatic carbocycles. The molecule has 10 heteroatoms. The van der Waals surface area contributed by atoms with Gasteiger partial charge in [-0.1, -0.05) is 42.5 Å². The fourth-order valence-corrected chi connectivity index (χ4v) is 5.11. The van der Waals surface area contributed by atoms with Gasteiger partial charge in [-0.3, -0.25) is 14.4 Å². The number of nitrogens with zero attached hydrogens (tertiary/aromatic N) is 1. The Morgan fingerprint density at radius 3 is 2.37 bits per heavy atom. The van der Waals surface area contributed by atoms with E-state index in [4.69, 9.17) is 4.74 Å². The van der Waals surface area contributed by atoms with Crippen molar-refractivity contribution in [2.24, 2.45) is 0 Å². The van der Waals surface area contributed by atoms with Gasteiger partial charge in [0, 0.05) is 41.4 Å². The fraction of sp³-hybridized carbons (Fsp3) is 0.226. The SMILES string of the molecule is COC(=O)N[C@@H](C(=O)N1CCCC1C(=O)Nc1ccc2[nH]c(-c3ccc(NC(C)=O)cc3)cc2c1)c1ccccc1. The van der Waals surface area contributed by atoms with Crippen molar-refractivity contribution in [3.63, 3.8) is 0 Å². The van der Waals surface area contributed by atoms with Gasteiger partial charge < -0.3 is 30.6 Å². The molecule has 0 radical (unpaired) electrons. The number of benzene rings is 3. The summed E-state index contributed by atoms with van der Waals surface area (Å²) in [6.07, 6.45) is 0.461. The minimum atomic E-state index is -0.973. The summed E-state index contributed by atoms with van der Waals surface area (Å²) in [4.78, 5) is 55.2. The lowest BCUT2D eigenvalue weighted by Gasteiger charge is -2.28. The predicted octanol–water partition coefficient (Wildman–Crippen LogP) is 4.82. The van der Waals surface area contributed by atoms with Crippen LogP contribution in [0.15, 0.2) is 78.9 Å². The number of aromatic amines is 1. The molecule has 41 heavy (non-hydrogen) atoms. The lowest BCUT2D eigenvalue weighted by molar-refractivity contribution is -0.138. The fourth-order valence-electron chi connectivity index (χ4n) is 5.11. The van der Waals surface area contributed by atoms with Crippen molar-refractivity contribution >= 4 is 46.1 Å². The van der Waals surface area contributed by atoms with Crippen molar-refractivity contribution in [3.05, 3.63) is 84.4 Å². The molecule has 210 valence electrons. The number of rotatable bonds is 7. The van der Waals surface area contributed by atoms with Crippen LogP contribution in [0, 0.1) is 0 Å². The highest BCUT2D eigenvalue weighted by molar-refractivity contribution is 6.00. The van der Waals surface area contributed by atoms with Gasteiger partial charge in [-0.2, -0.15) is 0 Å². The summed E-state index contributed by atoms with van der Waals surface area (Å²) in [5.41, 5.74) is 4.69. The zero-order valence-electron chi connectivity index (χ0n) is 22.8. The summed E-state index contributed by atoms with van der Waals surface area (Å²) in [5.74, 6) is -0.782. The third kappa shape index (κ3) is 6.22. The first-order valence-electron chi connectivity index (χ1n) is 13.3. The summed E-state index contributed by atoms with van der Waals surface area (Å²) in [7, 11) is 1.24. The van der Waals surface area contributed by atoms with E-state index in [-0.39, 0.29) is 17.7 Å². The highest BCUT2D eigenvalue weighted by atomic mass is 16.5. The van der Waals surface area contributed by atoms with E-state index in [0.29, 0.717) is 30.6 Å². The molecule has 1 aliphatic rings. The van der Waals surface area contributed by atoms with Gasteiger partial charge in [0.2, 0.25) is 11.8 Å². The molecular formula is C31H31N5O5. The van der Waals surface area contributed by atoms with Crippen molar-refractivity contribution < 1.29 is 23.9 Å². The molecule has 4 amide bonds. The van der Waals surface area contributed by atoms with Gasteiger partial charge in [-0.05, 0) is 60.4 Å². The second-order valence-electron chi connectivity index (χ2n) is 9.90. The molecule has 0 spiro atoms. The van der Waals surface area contributed by atoms with E-state index in [1.165, 1.54) is 18.9 Å². The van der Waals surface area contributed by atoms with E-state index in [0.717, 1.165) is 27.8 Å². The Hall–Kier alpha value is -5.12. The van der Waals surface area contributed by atoms with Crippen molar-refractivity contribution in [1.82, 2.24) is 15.2 Å². The largest absolute Gasteiger partial charge is 0.453 e. The number of hydrogen-bond acceptors (Lipinski definition) is 5. The lowest BCUT2D eigenvalue weighted by atomic mass is 10.0. The van der Waals surface area contributed by atoms with E-state index in [1.54, 1.807) is 24.3 Å². The Morgan fingerprint density at radius 2 is 1.66 bits per heavy atom. The zero-order chi connectivity index (χ0) is 28.9. The summed E-state index contributed by atoms with van der Waals surface area (Å²) >= 11 is 0. The van der Waals surface area contributed by atoms with Crippen molar-refractivity contribution in [3.8, 4) is 11.3 Å². The van der Waals surface area contributed by atoms with Crippen molar-refractivity contribution in [2.75, 3.05) is 24.3 Å². The van der Waals surface area contributed by atoms with Crippen LogP contribution in [-0.4, -0.2) is 53.4 Å². The Labute approximate surface area is 237 Å². The molecule has 5 rings (SSSR count). The van der Waals surface area contributed by atoms with E-state index in [1.807, 2.05) is 54.6 Å². The first-order chi connectivity index (χ1) is 19.8. The number of methoxy groups -OCH3 is 1. The van der Waals surface area contributed by atoms with Gasteiger partial charge in [-0.15, -0.1) is 0 Å². The number of carbonyl (C=O) groups excluding carboxylic acids is 4. The molecule has 0 saturated carbocycles. The van der Waals surface area contributed by atoms with E-state index in [9.17, 15) is 19.2 Å². The average molecular weight is 554 g/mol. The highest BCUT2D eigenvalue weighted by Gasteiger charge is 2.38. The van der Waals surface area contributed by atoms with Crippen LogP contribution in [0.1, 0.15) is 31.4 Å². The normalized spacial score (nSPS) is 15.3. The molecular weight excluding hydrogens is 522 g/mol. The molecule has 4 N–H and O–H groups in total. The van der Waals surface area contributed by atoms with Crippen LogP contribution in [0.3, 0.4) is 0 Å². The molecule has 0 bridgehead atoms. The van der Waals surface area contributed by atoms with Crippen LogP contribution in [0.25, 0.3) is 22.2 Å². The van der Waals surface area contributed by atoms with Crippen LogP contribution in [0.5, 0.6) is 0 Å². The number of aromatic nitrogens is 1. The first kappa shape index (κ1) is 27.4. The van der Waals surface area contributed by atoms with Crippen LogP contribution >= 0.6 is 0 Å². The molecule has 3 aromatic carbocycles. The first-order valence-corrected chi connectivity index (χ1v) is 13.3. The molecule has 1 unspecified atom stereocenters. The quantitative estimate of drug-likeness (QED) is 0.261. The number of likely N-dealkylation sites (tertiary alicyclic amines) is 1. The Bertz CT molecular complexity index is 1580. The van der Waals surface area contributed by atoms with Gasteiger partial charge >= 0.3 is 6.09 Å². The molecule has 2 atom stereocenters. The van der Waals surface area contributed by atoms with E-state index >= 15 is 0 Å². The van der Waals surface area contributed by atoms with Gasteiger partial charge in [0.05, 0.1) is 7.11 Å². The Balaban J connectivity index is 1.31. The number of amides is 4. The average Bonchev–Trinajstić information content (AvgIpc) is 3.63. The van der Waals surface area contributed by atoms with Gasteiger partial charge in [0.15, 0.2) is 0 Å². The molecule has 10 nitrogen and oxygen atoms in total. The molecule has 1 fully saturated rings. The molecule has 1 saturated heterocycles. The monoisotopic (exact) mass is 553 g/mol. The van der Waals surface area contributed by atoms with Crippen molar-refractivity contribution in [1.29, 1.82) is 0 Å². The van der Waals surface area contributed by atoms with Gasteiger partial charge in [0.1, 0.15) is 12.1 Å². The van der Waals surface area contributed by atoms with Crippen molar-refractivity contribution in [2.45, 2.75) is 31.8 Å². The third-order valence-electron chi connectivity index (χ3n) is 7.07. The Kier molecular flexibility index (Phi) is 8.00. The zero-order valence-corrected chi connectivity index (χ0v) is 22.8. The molecule has 2 heterocycles. The Morgan fingerprint density at radius 1 is 0.927 bits per heavy atom. The minimum Gasteiger partial charge on any atom is -0.453 e. The number of fused-ring (bicyclic) bond motifs is 1. The third-order valence-corrected chi connectivity index (χ3v) is 7.07. The summed E-state index contributed by atoms with van der Waals surface area (Å²) in [5, 5.41) is 9.24. The summed E-state index contributed by atoms with van der Waals surface area (Å²) < 4.78 is 4.73. The maximum absolute atomic E-state index is 13.6. The number of ether oxygens (including phenoxy) is 1. The molecule has 4 aromatic rings. The highest BCUT2D eigenvalue weighted by Crippen LogP contribution is 2.29. The number of alkyl carbamates (subject to hydrolysis) is 1. The standard InChI is InChI=1S/C31H31N5O5/c1-19(37)32-23-12-10-20(11-13-23)26-18-22-17-24(14-15-25(22)34-26)33-29(38)27-9-6-16-36(27)30(39)28(35-31(40)41-2)21-7-4-3-5-8-21/h3-5,7-8,10-15,17-18,27-28,34H,6,9,16H2,1-2H3,(H,32,37)(H,33,38)(H,35,40)/t27?,28-/m1/s1. The summed E-state index contributed by atoms with van der Waals surface area (Å²) in [6, 6.07) is 22.3. The number of nitrogens with one attached hydrogen (secondary N) is 4. The minimum absolute atomic E-state index is 0.128. The predicted molar refractivity (Wildman–Crippen MR) is 156 cm³/mol. The number of hydrogen-bond donors (Lipinski definition) is 4. The van der Waals surface area contributed by atoms with Gasteiger partial charge in [0.25, 0.3) is 5.91 Å². The smallest absolute Gasteiger partial charge is 0.407 e. The second kappa shape index (κ2) is 12.0. The maximum atomic E-state index is 13.6. The number of anilines is 2. The van der Waals surface area contributed by atoms with Crippen LogP contribution < -0.4 is 16.0 Å². The maximum Gasteiger partial charge on any atom is 0.407 e. The molecule has 1 aromatic heterocycles. The summed E-state index contributed by atoms with van der Waals surface area (Å²) in [6.45, 7) is 1.87. The lowest BCUT2D eigenvalue weighted by Crippen LogP contribution is -2.48. The van der Waals surface area contributed by atoms with Crippen LogP contribution in [-0.2, 0) is 19.1 Å². The van der Waals surface area contributed by atoms with Crippen LogP contribution in [0.4, 0.5) is 16.2 Å². The molecule has 1 aliphatic heterocycles. The second-order valence-corrected chi connectivity index (χ2v) is 9.90. The van der Waals surface area contributed by atoms with Crippen LogP contribution in [0.2, 0.25) is 0 Å². The number of carbonyl (C=O) groups is 4.